The SMILES string of the molecule is N[C@@H](Cc1oc2c(NCc3cccs3)cc(Cl)nc2c1Br)CC1(F)CC1. The molecule has 4 rings (SSSR count). The van der Waals surface area contributed by atoms with Crippen LogP contribution in [0.5, 0.6) is 0 Å². The highest BCUT2D eigenvalue weighted by molar-refractivity contribution is 9.10. The zero-order valence-electron chi connectivity index (χ0n) is 13.9. The Kier molecular flexibility index (Phi) is 4.98. The number of fused-ring (bicyclic) bond motifs is 1. The van der Waals surface area contributed by atoms with Gasteiger partial charge in [0.05, 0.1) is 10.2 Å². The van der Waals surface area contributed by atoms with Gasteiger partial charge in [-0.05, 0) is 46.6 Å². The van der Waals surface area contributed by atoms with Crippen LogP contribution in [-0.4, -0.2) is 16.7 Å². The second-order valence-electron chi connectivity index (χ2n) is 6.76. The van der Waals surface area contributed by atoms with E-state index in [0.717, 1.165) is 10.2 Å². The van der Waals surface area contributed by atoms with Crippen LogP contribution in [0.4, 0.5) is 10.1 Å². The number of furan rings is 1. The molecule has 3 aromatic rings. The minimum absolute atomic E-state index is 0.294. The molecule has 0 unspecified atom stereocenters. The van der Waals surface area contributed by atoms with Crippen molar-refractivity contribution < 1.29 is 8.81 Å². The van der Waals surface area contributed by atoms with Gasteiger partial charge in [-0.15, -0.1) is 11.3 Å². The van der Waals surface area contributed by atoms with Crippen LogP contribution < -0.4 is 11.1 Å². The van der Waals surface area contributed by atoms with Crippen LogP contribution in [0.2, 0.25) is 5.15 Å². The van der Waals surface area contributed by atoms with E-state index in [1.807, 2.05) is 11.4 Å². The Morgan fingerprint density at radius 3 is 3.00 bits per heavy atom. The van der Waals surface area contributed by atoms with Crippen molar-refractivity contribution in [3.8, 4) is 0 Å². The topological polar surface area (TPSA) is 64.1 Å². The van der Waals surface area contributed by atoms with E-state index in [4.69, 9.17) is 21.8 Å². The molecule has 0 radical (unpaired) electrons. The zero-order valence-corrected chi connectivity index (χ0v) is 17.1. The Hall–Kier alpha value is -1.15. The zero-order chi connectivity index (χ0) is 18.3. The third-order valence-corrected chi connectivity index (χ3v) is 6.41. The molecule has 3 N–H and O–H groups in total. The van der Waals surface area contributed by atoms with Gasteiger partial charge < -0.3 is 15.5 Å². The first-order valence-corrected chi connectivity index (χ1v) is 10.5. The van der Waals surface area contributed by atoms with E-state index >= 15 is 0 Å². The van der Waals surface area contributed by atoms with Crippen LogP contribution in [0.3, 0.4) is 0 Å². The highest BCUT2D eigenvalue weighted by Gasteiger charge is 2.44. The highest BCUT2D eigenvalue weighted by atomic mass is 79.9. The molecule has 4 nitrogen and oxygen atoms in total. The molecular weight excluding hydrogens is 441 g/mol. The normalized spacial score (nSPS) is 16.8. The van der Waals surface area contributed by atoms with Crippen molar-refractivity contribution >= 4 is 55.7 Å². The van der Waals surface area contributed by atoms with E-state index in [0.29, 0.717) is 54.2 Å². The number of aromatic nitrogens is 1. The summed E-state index contributed by atoms with van der Waals surface area (Å²) in [6, 6.07) is 5.53. The van der Waals surface area contributed by atoms with E-state index in [-0.39, 0.29) is 6.04 Å². The molecule has 1 atom stereocenters. The summed E-state index contributed by atoms with van der Waals surface area (Å²) in [5.41, 5.74) is 7.11. The Bertz CT molecular complexity index is 926. The first kappa shape index (κ1) is 18.2. The average Bonchev–Trinajstić information content (AvgIpc) is 2.98. The maximum Gasteiger partial charge on any atom is 0.177 e. The van der Waals surface area contributed by atoms with E-state index in [1.165, 1.54) is 4.88 Å². The lowest BCUT2D eigenvalue weighted by Crippen LogP contribution is -2.27. The van der Waals surface area contributed by atoms with Crippen LogP contribution in [0.15, 0.2) is 32.5 Å². The number of nitrogens with zero attached hydrogens (tertiary/aromatic N) is 1. The van der Waals surface area contributed by atoms with Crippen molar-refractivity contribution in [2.75, 3.05) is 5.32 Å². The number of thiophene rings is 1. The first-order valence-electron chi connectivity index (χ1n) is 8.42. The second-order valence-corrected chi connectivity index (χ2v) is 8.97. The van der Waals surface area contributed by atoms with Gasteiger partial charge in [0.25, 0.3) is 0 Å². The lowest BCUT2D eigenvalue weighted by atomic mass is 10.1. The minimum Gasteiger partial charge on any atom is -0.456 e. The molecule has 1 aliphatic carbocycles. The maximum atomic E-state index is 13.9. The Morgan fingerprint density at radius 2 is 2.31 bits per heavy atom. The van der Waals surface area contributed by atoms with Crippen LogP contribution in [-0.2, 0) is 13.0 Å². The summed E-state index contributed by atoms with van der Waals surface area (Å²) in [6.07, 6.45) is 2.02. The van der Waals surface area contributed by atoms with Crippen LogP contribution in [0, 0.1) is 0 Å². The number of rotatable bonds is 7. The molecule has 0 spiro atoms. The second kappa shape index (κ2) is 7.11. The van der Waals surface area contributed by atoms with Gasteiger partial charge in [0.1, 0.15) is 22.1 Å². The number of nitrogens with two attached hydrogens (primary N) is 1. The summed E-state index contributed by atoms with van der Waals surface area (Å²) in [6.45, 7) is 0.671. The fourth-order valence-corrected chi connectivity index (χ4v) is 4.38. The Morgan fingerprint density at radius 1 is 1.50 bits per heavy atom. The van der Waals surface area contributed by atoms with Crippen molar-refractivity contribution in [3.05, 3.63) is 43.8 Å². The van der Waals surface area contributed by atoms with E-state index in [9.17, 15) is 4.39 Å². The lowest BCUT2D eigenvalue weighted by Gasteiger charge is -2.12. The molecule has 0 amide bonds. The van der Waals surface area contributed by atoms with Crippen molar-refractivity contribution in [1.29, 1.82) is 0 Å². The standard InChI is InChI=1S/C18H18BrClFN3OS/c19-15-13(6-10(22)8-18(21)3-4-18)25-17-12(7-14(20)24-16(15)17)23-9-11-2-1-5-26-11/h1-2,5,7,10H,3-4,6,8-9,22H2,(H,23,24)/t10-/m0/s1. The van der Waals surface area contributed by atoms with Crippen LogP contribution in [0.25, 0.3) is 11.1 Å². The summed E-state index contributed by atoms with van der Waals surface area (Å²) in [5.74, 6) is 0.672. The summed E-state index contributed by atoms with van der Waals surface area (Å²) in [7, 11) is 0. The molecule has 138 valence electrons. The van der Waals surface area contributed by atoms with Gasteiger partial charge >= 0.3 is 0 Å². The number of alkyl halides is 1. The maximum absolute atomic E-state index is 13.9. The smallest absolute Gasteiger partial charge is 0.177 e. The van der Waals surface area contributed by atoms with Gasteiger partial charge in [-0.2, -0.15) is 0 Å². The summed E-state index contributed by atoms with van der Waals surface area (Å²) in [4.78, 5) is 5.57. The molecule has 1 fully saturated rings. The third-order valence-electron chi connectivity index (χ3n) is 4.52. The predicted octanol–water partition coefficient (Wildman–Crippen LogP) is 5.68. The van der Waals surface area contributed by atoms with E-state index < -0.39 is 5.67 Å². The van der Waals surface area contributed by atoms with Crippen molar-refractivity contribution in [1.82, 2.24) is 4.98 Å². The van der Waals surface area contributed by atoms with Gasteiger partial charge in [-0.3, -0.25) is 0 Å². The number of nitrogens with one attached hydrogen (secondary N) is 1. The van der Waals surface area contributed by atoms with Crippen LogP contribution in [0.1, 0.15) is 29.9 Å². The highest BCUT2D eigenvalue weighted by Crippen LogP contribution is 2.44. The van der Waals surface area contributed by atoms with Crippen molar-refractivity contribution in [2.45, 2.75) is 43.9 Å². The Labute approximate surface area is 168 Å². The molecule has 3 aromatic heterocycles. The van der Waals surface area contributed by atoms with Gasteiger partial charge in [0.2, 0.25) is 0 Å². The lowest BCUT2D eigenvalue weighted by molar-refractivity contribution is 0.267. The summed E-state index contributed by atoms with van der Waals surface area (Å²) in [5, 5.41) is 5.77. The average molecular weight is 459 g/mol. The number of halogens is 3. The predicted molar refractivity (Wildman–Crippen MR) is 108 cm³/mol. The van der Waals surface area contributed by atoms with Gasteiger partial charge in [0, 0.05) is 30.0 Å². The Balaban J connectivity index is 1.59. The molecule has 26 heavy (non-hydrogen) atoms. The largest absolute Gasteiger partial charge is 0.456 e. The molecule has 1 aliphatic rings. The van der Waals surface area contributed by atoms with Crippen LogP contribution >= 0.6 is 38.9 Å². The number of hydrogen-bond donors (Lipinski definition) is 2. The monoisotopic (exact) mass is 457 g/mol. The molecule has 0 aromatic carbocycles. The molecule has 8 heteroatoms. The van der Waals surface area contributed by atoms with Gasteiger partial charge in [-0.1, -0.05) is 17.7 Å². The van der Waals surface area contributed by atoms with Crippen molar-refractivity contribution in [3.63, 3.8) is 0 Å². The number of anilines is 1. The molecular formula is C18H18BrClFN3OS. The summed E-state index contributed by atoms with van der Waals surface area (Å²) < 4.78 is 20.7. The fraction of sp³-hybridized carbons (Fsp3) is 0.389. The molecule has 3 heterocycles. The molecule has 0 saturated heterocycles. The van der Waals surface area contributed by atoms with Gasteiger partial charge in [-0.25, -0.2) is 9.37 Å². The fourth-order valence-electron chi connectivity index (χ4n) is 3.03. The first-order chi connectivity index (χ1) is 12.4. The molecule has 1 saturated carbocycles. The minimum atomic E-state index is -1.08. The van der Waals surface area contributed by atoms with E-state index in [2.05, 4.69) is 32.3 Å². The number of pyridine rings is 1. The van der Waals surface area contributed by atoms with Gasteiger partial charge in [0.15, 0.2) is 5.58 Å². The molecule has 0 aliphatic heterocycles. The quantitative estimate of drug-likeness (QED) is 0.447. The third kappa shape index (κ3) is 3.91. The van der Waals surface area contributed by atoms with Crippen molar-refractivity contribution in [2.24, 2.45) is 5.73 Å². The van der Waals surface area contributed by atoms with E-state index in [1.54, 1.807) is 17.4 Å². The summed E-state index contributed by atoms with van der Waals surface area (Å²) >= 11 is 11.4. The number of hydrogen-bond acceptors (Lipinski definition) is 5. The molecule has 0 bridgehead atoms.